The molecular weight excluding hydrogens is 212 g/mol. The summed E-state index contributed by atoms with van der Waals surface area (Å²) in [5, 5.41) is 10.3. The van der Waals surface area contributed by atoms with Gasteiger partial charge >= 0.3 is 5.97 Å². The van der Waals surface area contributed by atoms with E-state index in [1.807, 2.05) is 0 Å². The zero-order valence-electron chi connectivity index (χ0n) is 6.81. The average molecular weight is 220 g/mol. The molecule has 0 saturated carbocycles. The minimum atomic E-state index is -1.17. The molecule has 0 aliphatic heterocycles. The first kappa shape index (κ1) is 10.1. The summed E-state index contributed by atoms with van der Waals surface area (Å²) < 4.78 is 13.6. The number of carboxylic acid groups (broad SMARTS) is 1. The zero-order chi connectivity index (χ0) is 9.84. The topological polar surface area (TPSA) is 79.3 Å². The lowest BCUT2D eigenvalue weighted by Gasteiger charge is -1.96. The Labute approximate surface area is 81.4 Å². The highest BCUT2D eigenvalue weighted by atomic mass is 32.2. The Hall–Kier alpha value is -0.950. The lowest BCUT2D eigenvalue weighted by atomic mass is 10.5. The van der Waals surface area contributed by atoms with Crippen molar-refractivity contribution >= 4 is 33.4 Å². The number of aromatic carboxylic acids is 1. The molecule has 0 aliphatic carbocycles. The van der Waals surface area contributed by atoms with Crippen molar-refractivity contribution in [3.63, 3.8) is 0 Å². The van der Waals surface area contributed by atoms with Crippen LogP contribution in [0.1, 0.15) is 17.4 Å². The monoisotopic (exact) mass is 220 g/mol. The van der Waals surface area contributed by atoms with Gasteiger partial charge in [-0.1, -0.05) is 6.92 Å². The van der Waals surface area contributed by atoms with Gasteiger partial charge in [-0.2, -0.15) is 0 Å². The Bertz CT molecular complexity index is 336. The first-order valence-electron chi connectivity index (χ1n) is 3.47. The summed E-state index contributed by atoms with van der Waals surface area (Å²) in [4.78, 5) is 14.1. The third kappa shape index (κ3) is 2.78. The predicted molar refractivity (Wildman–Crippen MR) is 51.4 cm³/mol. The highest BCUT2D eigenvalue weighted by molar-refractivity contribution is 7.86. The van der Waals surface area contributed by atoms with Crippen LogP contribution in [0.4, 0.5) is 5.13 Å². The van der Waals surface area contributed by atoms with Crippen molar-refractivity contribution in [2.75, 3.05) is 10.5 Å². The molecule has 0 bridgehead atoms. The second-order valence-corrected chi connectivity index (χ2v) is 4.41. The second-order valence-electron chi connectivity index (χ2n) is 2.08. The van der Waals surface area contributed by atoms with Crippen molar-refractivity contribution in [3.8, 4) is 0 Å². The summed E-state index contributed by atoms with van der Waals surface area (Å²) in [5.41, 5.74) is -0.0272. The van der Waals surface area contributed by atoms with E-state index in [-0.39, 0.29) is 5.69 Å². The van der Waals surface area contributed by atoms with Crippen LogP contribution in [0.15, 0.2) is 5.38 Å². The maximum Gasteiger partial charge on any atom is 0.355 e. The third-order valence-electron chi connectivity index (χ3n) is 1.19. The van der Waals surface area contributed by atoms with E-state index in [0.29, 0.717) is 10.9 Å². The molecule has 1 aromatic heterocycles. The third-order valence-corrected chi connectivity index (χ3v) is 3.02. The Balaban J connectivity index is 2.69. The van der Waals surface area contributed by atoms with Gasteiger partial charge in [0.05, 0.1) is 0 Å². The van der Waals surface area contributed by atoms with Crippen LogP contribution >= 0.6 is 11.3 Å². The molecule has 0 aromatic carbocycles. The van der Waals surface area contributed by atoms with Crippen LogP contribution in [-0.2, 0) is 11.0 Å². The fraction of sp³-hybridized carbons (Fsp3) is 0.333. The second kappa shape index (κ2) is 4.33. The Morgan fingerprint density at radius 1 is 1.85 bits per heavy atom. The Morgan fingerprint density at radius 2 is 2.54 bits per heavy atom. The van der Waals surface area contributed by atoms with Crippen LogP contribution in [0.5, 0.6) is 0 Å². The molecule has 0 spiro atoms. The minimum Gasteiger partial charge on any atom is -0.476 e. The van der Waals surface area contributed by atoms with E-state index in [1.165, 1.54) is 5.38 Å². The van der Waals surface area contributed by atoms with Gasteiger partial charge in [-0.3, -0.25) is 4.72 Å². The van der Waals surface area contributed by atoms with E-state index in [4.69, 9.17) is 5.11 Å². The largest absolute Gasteiger partial charge is 0.476 e. The number of carboxylic acids is 1. The average Bonchev–Trinajstić information content (AvgIpc) is 2.52. The Morgan fingerprint density at radius 3 is 3.00 bits per heavy atom. The van der Waals surface area contributed by atoms with E-state index in [0.717, 1.165) is 11.3 Å². The summed E-state index contributed by atoms with van der Waals surface area (Å²) in [6.45, 7) is 1.76. The predicted octanol–water partition coefficient (Wildman–Crippen LogP) is 0.937. The van der Waals surface area contributed by atoms with E-state index in [2.05, 4.69) is 9.71 Å². The van der Waals surface area contributed by atoms with E-state index in [9.17, 15) is 9.00 Å². The molecule has 1 heterocycles. The number of hydrogen-bond acceptors (Lipinski definition) is 4. The number of carbonyl (C=O) groups is 1. The number of hydrogen-bond donors (Lipinski definition) is 2. The van der Waals surface area contributed by atoms with Crippen LogP contribution in [0.25, 0.3) is 0 Å². The van der Waals surface area contributed by atoms with Crippen molar-refractivity contribution < 1.29 is 14.1 Å². The van der Waals surface area contributed by atoms with Gasteiger partial charge < -0.3 is 5.11 Å². The molecule has 0 fully saturated rings. The molecule has 1 aromatic rings. The summed E-state index contributed by atoms with van der Waals surface area (Å²) in [6.07, 6.45) is 0. The van der Waals surface area contributed by atoms with Crippen molar-refractivity contribution in [2.24, 2.45) is 0 Å². The fourth-order valence-electron chi connectivity index (χ4n) is 0.588. The van der Waals surface area contributed by atoms with Crippen LogP contribution < -0.4 is 4.72 Å². The molecule has 0 aliphatic rings. The van der Waals surface area contributed by atoms with Gasteiger partial charge in [0, 0.05) is 11.1 Å². The molecule has 1 atom stereocenters. The number of nitrogens with one attached hydrogen (secondary N) is 1. The molecule has 1 unspecified atom stereocenters. The summed E-state index contributed by atoms with van der Waals surface area (Å²) in [6, 6.07) is 0. The maximum absolute atomic E-state index is 11.0. The van der Waals surface area contributed by atoms with Crippen molar-refractivity contribution in [2.45, 2.75) is 6.92 Å². The van der Waals surface area contributed by atoms with Gasteiger partial charge in [-0.15, -0.1) is 11.3 Å². The molecule has 0 saturated heterocycles. The summed E-state index contributed by atoms with van der Waals surface area (Å²) >= 11 is 1.13. The molecule has 5 nitrogen and oxygen atoms in total. The quantitative estimate of drug-likeness (QED) is 0.791. The first-order valence-corrected chi connectivity index (χ1v) is 5.67. The SMILES string of the molecule is CCS(=O)Nc1nc(C(=O)O)cs1. The number of nitrogens with zero attached hydrogens (tertiary/aromatic N) is 1. The van der Waals surface area contributed by atoms with Gasteiger partial charge in [0.15, 0.2) is 10.8 Å². The van der Waals surface area contributed by atoms with Crippen LogP contribution in [0, 0.1) is 0 Å². The van der Waals surface area contributed by atoms with E-state index >= 15 is 0 Å². The fourth-order valence-corrected chi connectivity index (χ4v) is 1.97. The molecule has 1 rings (SSSR count). The number of thiazole rings is 1. The number of aromatic nitrogens is 1. The van der Waals surface area contributed by atoms with Crippen LogP contribution in [0.3, 0.4) is 0 Å². The van der Waals surface area contributed by atoms with Crippen molar-refractivity contribution in [1.29, 1.82) is 0 Å². The van der Waals surface area contributed by atoms with Crippen molar-refractivity contribution in [1.82, 2.24) is 4.98 Å². The van der Waals surface area contributed by atoms with E-state index in [1.54, 1.807) is 6.92 Å². The Kier molecular flexibility index (Phi) is 3.38. The van der Waals surface area contributed by atoms with Gasteiger partial charge in [0.25, 0.3) is 0 Å². The molecule has 2 N–H and O–H groups in total. The molecule has 72 valence electrons. The van der Waals surface area contributed by atoms with Crippen LogP contribution in [-0.4, -0.2) is 26.0 Å². The molecule has 13 heavy (non-hydrogen) atoms. The summed E-state index contributed by atoms with van der Waals surface area (Å²) in [5.74, 6) is -0.617. The number of anilines is 1. The molecule has 0 amide bonds. The lowest BCUT2D eigenvalue weighted by Crippen LogP contribution is -2.06. The number of rotatable bonds is 4. The first-order chi connectivity index (χ1) is 6.13. The highest BCUT2D eigenvalue weighted by Gasteiger charge is 2.08. The smallest absolute Gasteiger partial charge is 0.355 e. The maximum atomic E-state index is 11.0. The standard InChI is InChI=1S/C6H8N2O3S2/c1-2-13(11)8-6-7-4(3-12-6)5(9)10/h3H,2H2,1H3,(H,7,8)(H,9,10). The molecular formula is C6H8N2O3S2. The van der Waals surface area contributed by atoms with Gasteiger partial charge in [0.1, 0.15) is 11.0 Å². The van der Waals surface area contributed by atoms with Gasteiger partial charge in [-0.25, -0.2) is 14.0 Å². The molecule has 7 heteroatoms. The molecule has 0 radical (unpaired) electrons. The van der Waals surface area contributed by atoms with Gasteiger partial charge in [-0.05, 0) is 0 Å². The summed E-state index contributed by atoms with van der Waals surface area (Å²) in [7, 11) is -1.17. The normalized spacial score (nSPS) is 12.4. The minimum absolute atomic E-state index is 0.0272. The zero-order valence-corrected chi connectivity index (χ0v) is 8.44. The van der Waals surface area contributed by atoms with Crippen molar-refractivity contribution in [3.05, 3.63) is 11.1 Å². The highest BCUT2D eigenvalue weighted by Crippen LogP contribution is 2.15. The van der Waals surface area contributed by atoms with Crippen LogP contribution in [0.2, 0.25) is 0 Å². The lowest BCUT2D eigenvalue weighted by molar-refractivity contribution is 0.0691. The van der Waals surface area contributed by atoms with Gasteiger partial charge in [0.2, 0.25) is 0 Å². The van der Waals surface area contributed by atoms with E-state index < -0.39 is 17.0 Å².